The SMILES string of the molecule is CCCC1CCC(CN)C(c2ccc3c(c2)CCO3)C1. The number of rotatable bonds is 4. The van der Waals surface area contributed by atoms with Gasteiger partial charge in [-0.3, -0.25) is 0 Å². The van der Waals surface area contributed by atoms with E-state index in [-0.39, 0.29) is 0 Å². The molecule has 20 heavy (non-hydrogen) atoms. The first-order valence-electron chi connectivity index (χ1n) is 8.27. The van der Waals surface area contributed by atoms with Gasteiger partial charge in [-0.15, -0.1) is 0 Å². The fourth-order valence-corrected chi connectivity index (χ4v) is 4.12. The third kappa shape index (κ3) is 2.71. The Bertz CT molecular complexity index is 457. The molecule has 1 aliphatic carbocycles. The van der Waals surface area contributed by atoms with Crippen LogP contribution >= 0.6 is 0 Å². The molecule has 1 heterocycles. The topological polar surface area (TPSA) is 35.2 Å². The van der Waals surface area contributed by atoms with E-state index in [1.807, 2.05) is 0 Å². The van der Waals surface area contributed by atoms with Gasteiger partial charge in [0.2, 0.25) is 0 Å². The molecule has 1 fully saturated rings. The fourth-order valence-electron chi connectivity index (χ4n) is 4.12. The minimum Gasteiger partial charge on any atom is -0.493 e. The van der Waals surface area contributed by atoms with E-state index < -0.39 is 0 Å². The Hall–Kier alpha value is -1.02. The molecule has 0 saturated heterocycles. The van der Waals surface area contributed by atoms with E-state index in [0.717, 1.165) is 31.2 Å². The van der Waals surface area contributed by atoms with Crippen molar-refractivity contribution in [2.24, 2.45) is 17.6 Å². The molecule has 2 heteroatoms. The van der Waals surface area contributed by atoms with E-state index in [2.05, 4.69) is 25.1 Å². The lowest BCUT2D eigenvalue weighted by molar-refractivity contribution is 0.230. The second kappa shape index (κ2) is 6.17. The molecule has 0 amide bonds. The van der Waals surface area contributed by atoms with Gasteiger partial charge < -0.3 is 10.5 Å². The molecule has 2 aliphatic rings. The van der Waals surface area contributed by atoms with E-state index >= 15 is 0 Å². The second-order valence-electron chi connectivity index (χ2n) is 6.54. The van der Waals surface area contributed by atoms with Crippen LogP contribution in [-0.2, 0) is 6.42 Å². The molecule has 0 bridgehead atoms. The minimum atomic E-state index is 0.663. The predicted octanol–water partition coefficient (Wildman–Crippen LogP) is 3.88. The number of nitrogens with two attached hydrogens (primary N) is 1. The van der Waals surface area contributed by atoms with Crippen LogP contribution in [0.1, 0.15) is 56.1 Å². The van der Waals surface area contributed by atoms with Crippen molar-refractivity contribution in [3.63, 3.8) is 0 Å². The maximum absolute atomic E-state index is 6.04. The van der Waals surface area contributed by atoms with Crippen molar-refractivity contribution < 1.29 is 4.74 Å². The normalized spacial score (nSPS) is 29.0. The van der Waals surface area contributed by atoms with Crippen molar-refractivity contribution in [1.29, 1.82) is 0 Å². The zero-order valence-corrected chi connectivity index (χ0v) is 12.6. The Morgan fingerprint density at radius 2 is 2.20 bits per heavy atom. The largest absolute Gasteiger partial charge is 0.493 e. The molecule has 1 aromatic rings. The first kappa shape index (κ1) is 13.9. The van der Waals surface area contributed by atoms with Crippen LogP contribution in [0.4, 0.5) is 0 Å². The summed E-state index contributed by atoms with van der Waals surface area (Å²) in [7, 11) is 0. The highest BCUT2D eigenvalue weighted by Crippen LogP contribution is 2.43. The molecule has 0 spiro atoms. The Kier molecular flexibility index (Phi) is 4.30. The Morgan fingerprint density at radius 3 is 3.00 bits per heavy atom. The average molecular weight is 273 g/mol. The van der Waals surface area contributed by atoms with Crippen LogP contribution in [0.3, 0.4) is 0 Å². The summed E-state index contributed by atoms with van der Waals surface area (Å²) in [4.78, 5) is 0. The fraction of sp³-hybridized carbons (Fsp3) is 0.667. The zero-order chi connectivity index (χ0) is 13.9. The highest BCUT2D eigenvalue weighted by atomic mass is 16.5. The van der Waals surface area contributed by atoms with Gasteiger partial charge in [-0.25, -0.2) is 0 Å². The summed E-state index contributed by atoms with van der Waals surface area (Å²) in [5.74, 6) is 3.33. The predicted molar refractivity (Wildman–Crippen MR) is 83.2 cm³/mol. The smallest absolute Gasteiger partial charge is 0.122 e. The van der Waals surface area contributed by atoms with Crippen LogP contribution in [-0.4, -0.2) is 13.2 Å². The number of ether oxygens (including phenoxy) is 1. The second-order valence-corrected chi connectivity index (χ2v) is 6.54. The molecule has 110 valence electrons. The molecule has 0 radical (unpaired) electrons. The molecule has 2 N–H and O–H groups in total. The van der Waals surface area contributed by atoms with Crippen molar-refractivity contribution >= 4 is 0 Å². The van der Waals surface area contributed by atoms with Gasteiger partial charge in [0.1, 0.15) is 5.75 Å². The van der Waals surface area contributed by atoms with Crippen LogP contribution in [0.15, 0.2) is 18.2 Å². The molecule has 3 atom stereocenters. The molecule has 1 aliphatic heterocycles. The maximum atomic E-state index is 6.04. The van der Waals surface area contributed by atoms with Gasteiger partial charge in [0.05, 0.1) is 6.61 Å². The number of hydrogen-bond acceptors (Lipinski definition) is 2. The zero-order valence-electron chi connectivity index (χ0n) is 12.6. The summed E-state index contributed by atoms with van der Waals surface area (Å²) in [5, 5.41) is 0. The first-order valence-corrected chi connectivity index (χ1v) is 8.27. The first-order chi connectivity index (χ1) is 9.81. The lowest BCUT2D eigenvalue weighted by Crippen LogP contribution is -2.29. The lowest BCUT2D eigenvalue weighted by Gasteiger charge is -2.36. The highest BCUT2D eigenvalue weighted by molar-refractivity contribution is 5.41. The molecular weight excluding hydrogens is 246 g/mol. The third-order valence-corrected chi connectivity index (χ3v) is 5.24. The van der Waals surface area contributed by atoms with Gasteiger partial charge in [-0.1, -0.05) is 38.3 Å². The summed E-state index contributed by atoms with van der Waals surface area (Å²) in [6.45, 7) is 3.98. The molecule has 1 saturated carbocycles. The summed E-state index contributed by atoms with van der Waals surface area (Å²) < 4.78 is 5.63. The van der Waals surface area contributed by atoms with Gasteiger partial charge in [0.15, 0.2) is 0 Å². The quantitative estimate of drug-likeness (QED) is 0.903. The van der Waals surface area contributed by atoms with Gasteiger partial charge in [0, 0.05) is 6.42 Å². The molecule has 1 aromatic carbocycles. The van der Waals surface area contributed by atoms with E-state index in [9.17, 15) is 0 Å². The molecule has 3 unspecified atom stereocenters. The monoisotopic (exact) mass is 273 g/mol. The van der Waals surface area contributed by atoms with Crippen LogP contribution in [0.2, 0.25) is 0 Å². The van der Waals surface area contributed by atoms with Crippen molar-refractivity contribution in [3.8, 4) is 5.75 Å². The van der Waals surface area contributed by atoms with E-state index in [1.54, 1.807) is 0 Å². The van der Waals surface area contributed by atoms with Crippen LogP contribution in [0, 0.1) is 11.8 Å². The number of hydrogen-bond donors (Lipinski definition) is 1. The summed E-state index contributed by atoms with van der Waals surface area (Å²) in [5.41, 5.74) is 8.94. The highest BCUT2D eigenvalue weighted by Gasteiger charge is 2.31. The van der Waals surface area contributed by atoms with E-state index in [1.165, 1.54) is 43.2 Å². The van der Waals surface area contributed by atoms with Crippen molar-refractivity contribution in [2.45, 2.75) is 51.4 Å². The minimum absolute atomic E-state index is 0.663. The molecule has 3 rings (SSSR count). The molecule has 2 nitrogen and oxygen atoms in total. The van der Waals surface area contributed by atoms with Crippen molar-refractivity contribution in [3.05, 3.63) is 29.3 Å². The van der Waals surface area contributed by atoms with Gasteiger partial charge in [-0.2, -0.15) is 0 Å². The average Bonchev–Trinajstić information content (AvgIpc) is 2.95. The van der Waals surface area contributed by atoms with Gasteiger partial charge in [0.25, 0.3) is 0 Å². The Labute approximate surface area is 122 Å². The molecule has 0 aromatic heterocycles. The van der Waals surface area contributed by atoms with Crippen molar-refractivity contribution in [2.75, 3.05) is 13.2 Å². The maximum Gasteiger partial charge on any atom is 0.122 e. The number of fused-ring (bicyclic) bond motifs is 1. The third-order valence-electron chi connectivity index (χ3n) is 5.24. The Balaban J connectivity index is 1.81. The van der Waals surface area contributed by atoms with Gasteiger partial charge in [-0.05, 0) is 54.3 Å². The lowest BCUT2D eigenvalue weighted by atomic mass is 9.70. The van der Waals surface area contributed by atoms with Crippen molar-refractivity contribution in [1.82, 2.24) is 0 Å². The Morgan fingerprint density at radius 1 is 1.30 bits per heavy atom. The summed E-state index contributed by atoms with van der Waals surface area (Å²) in [6, 6.07) is 6.85. The summed E-state index contributed by atoms with van der Waals surface area (Å²) in [6.07, 6.45) is 7.77. The van der Waals surface area contributed by atoms with Gasteiger partial charge >= 0.3 is 0 Å². The number of benzene rings is 1. The van der Waals surface area contributed by atoms with Crippen LogP contribution < -0.4 is 10.5 Å². The summed E-state index contributed by atoms with van der Waals surface area (Å²) >= 11 is 0. The standard InChI is InChI=1S/C18H27NO/c1-2-3-13-4-5-16(12-19)17(10-13)14-6-7-18-15(11-14)8-9-20-18/h6-7,11,13,16-17H,2-5,8-10,12,19H2,1H3. The van der Waals surface area contributed by atoms with Crippen LogP contribution in [0.5, 0.6) is 5.75 Å². The van der Waals surface area contributed by atoms with Crippen LogP contribution in [0.25, 0.3) is 0 Å². The molecular formula is C18H27NO. The van der Waals surface area contributed by atoms with E-state index in [4.69, 9.17) is 10.5 Å². The van der Waals surface area contributed by atoms with E-state index in [0.29, 0.717) is 11.8 Å².